The highest BCUT2D eigenvalue weighted by atomic mass is 19.1. The van der Waals surface area contributed by atoms with Crippen molar-refractivity contribution in [3.63, 3.8) is 0 Å². The van der Waals surface area contributed by atoms with Gasteiger partial charge in [0.15, 0.2) is 5.82 Å². The third-order valence-electron chi connectivity index (χ3n) is 5.26. The van der Waals surface area contributed by atoms with E-state index in [9.17, 15) is 19.1 Å². The molecule has 5 N–H and O–H groups in total. The highest BCUT2D eigenvalue weighted by molar-refractivity contribution is 5.98. The van der Waals surface area contributed by atoms with E-state index in [1.807, 2.05) is 0 Å². The first-order valence-electron chi connectivity index (χ1n) is 10.6. The van der Waals surface area contributed by atoms with Crippen molar-refractivity contribution in [3.8, 4) is 0 Å². The van der Waals surface area contributed by atoms with E-state index in [2.05, 4.69) is 31.1 Å². The quantitative estimate of drug-likeness (QED) is 0.370. The number of rotatable bonds is 6. The lowest BCUT2D eigenvalue weighted by Crippen LogP contribution is -2.44. The summed E-state index contributed by atoms with van der Waals surface area (Å²) >= 11 is 0. The molecule has 34 heavy (non-hydrogen) atoms. The molecule has 0 saturated carbocycles. The monoisotopic (exact) mass is 472 g/mol. The first-order valence-corrected chi connectivity index (χ1v) is 10.6. The minimum absolute atomic E-state index is 0.208. The summed E-state index contributed by atoms with van der Waals surface area (Å²) in [5, 5.41) is 25.7. The molecule has 12 heteroatoms. The number of hydrogen-bond acceptors (Lipinski definition) is 7. The smallest absolute Gasteiger partial charge is 0.413 e. The molecule has 3 amide bonds. The average molecular weight is 472 g/mol. The number of halogens is 1. The van der Waals surface area contributed by atoms with Crippen LogP contribution in [0, 0.1) is 5.82 Å². The second kappa shape index (κ2) is 9.61. The number of fused-ring (bicyclic) bond motifs is 1. The van der Waals surface area contributed by atoms with Crippen LogP contribution in [0.1, 0.15) is 31.9 Å². The van der Waals surface area contributed by atoms with Crippen LogP contribution in [-0.4, -0.2) is 57.3 Å². The minimum Gasteiger partial charge on any atom is -0.443 e. The Morgan fingerprint density at radius 1 is 1.29 bits per heavy atom. The van der Waals surface area contributed by atoms with Gasteiger partial charge in [-0.3, -0.25) is 15.7 Å². The van der Waals surface area contributed by atoms with E-state index in [0.717, 1.165) is 0 Å². The predicted molar refractivity (Wildman–Crippen MR) is 121 cm³/mol. The maximum Gasteiger partial charge on any atom is 0.413 e. The van der Waals surface area contributed by atoms with Crippen molar-refractivity contribution in [1.82, 2.24) is 20.5 Å². The molecular weight excluding hydrogens is 447 g/mol. The summed E-state index contributed by atoms with van der Waals surface area (Å²) in [6, 6.07) is 5.60. The average Bonchev–Trinajstić information content (AvgIpc) is 3.42. The molecule has 0 radical (unpaired) electrons. The van der Waals surface area contributed by atoms with Gasteiger partial charge in [-0.1, -0.05) is 12.1 Å². The lowest BCUT2D eigenvalue weighted by atomic mass is 9.92. The molecule has 2 atom stereocenters. The largest absolute Gasteiger partial charge is 0.443 e. The standard InChI is InChI=1S/C22H25FN6O5/c1-22(2,32)18(12-3-5-13(23)6-4-12)26-20(30)25-17-9-16-15(10-24-17)19(29-28-16)27-21(31)34-14-7-8-33-11-14/h3-6,9-10,14,18,32H,7-8,11H2,1-2H3,(H2,24,25,26,30)(H2,27,28,29,31)/t14?,18-/m0/s1. The Bertz CT molecular complexity index is 1170. The van der Waals surface area contributed by atoms with E-state index < -0.39 is 29.6 Å². The number of nitrogens with one attached hydrogen (secondary N) is 4. The van der Waals surface area contributed by atoms with E-state index in [0.29, 0.717) is 36.1 Å². The van der Waals surface area contributed by atoms with Gasteiger partial charge in [0.25, 0.3) is 0 Å². The SMILES string of the molecule is CC(C)(O)[C@@H](NC(=O)Nc1cc2[nH]nc(NC(=O)OC3CCOC3)c2cn1)c1ccc(F)cc1. The van der Waals surface area contributed by atoms with Crippen LogP contribution in [0.4, 0.5) is 25.6 Å². The number of benzene rings is 1. The van der Waals surface area contributed by atoms with Crippen molar-refractivity contribution in [2.24, 2.45) is 0 Å². The molecule has 0 aliphatic carbocycles. The van der Waals surface area contributed by atoms with E-state index in [1.54, 1.807) is 6.07 Å². The number of ether oxygens (including phenoxy) is 2. The van der Waals surface area contributed by atoms with Gasteiger partial charge < -0.3 is 19.9 Å². The van der Waals surface area contributed by atoms with Gasteiger partial charge in [-0.25, -0.2) is 19.0 Å². The summed E-state index contributed by atoms with van der Waals surface area (Å²) in [6.07, 6.45) is 1.14. The molecule has 180 valence electrons. The van der Waals surface area contributed by atoms with Crippen LogP contribution in [-0.2, 0) is 9.47 Å². The fraction of sp³-hybridized carbons (Fsp3) is 0.364. The molecule has 1 aliphatic rings. The van der Waals surface area contributed by atoms with Gasteiger partial charge in [0.1, 0.15) is 17.7 Å². The van der Waals surface area contributed by atoms with Crippen LogP contribution in [0.15, 0.2) is 36.5 Å². The topological polar surface area (TPSA) is 150 Å². The molecule has 3 aromatic rings. The number of hydrogen-bond donors (Lipinski definition) is 5. The minimum atomic E-state index is -1.32. The predicted octanol–water partition coefficient (Wildman–Crippen LogP) is 3.07. The maximum absolute atomic E-state index is 13.3. The lowest BCUT2D eigenvalue weighted by molar-refractivity contribution is 0.0415. The molecule has 0 bridgehead atoms. The summed E-state index contributed by atoms with van der Waals surface area (Å²) in [7, 11) is 0. The van der Waals surface area contributed by atoms with Crippen molar-refractivity contribution >= 4 is 34.7 Å². The molecule has 1 aliphatic heterocycles. The summed E-state index contributed by atoms with van der Waals surface area (Å²) < 4.78 is 23.7. The normalized spacial score (nSPS) is 16.8. The highest BCUT2D eigenvalue weighted by Gasteiger charge is 2.30. The van der Waals surface area contributed by atoms with Gasteiger partial charge in [0, 0.05) is 18.7 Å². The fourth-order valence-corrected chi connectivity index (χ4v) is 3.57. The number of urea groups is 1. The summed E-state index contributed by atoms with van der Waals surface area (Å²) in [5.41, 5.74) is -0.273. The molecule has 2 aromatic heterocycles. The zero-order chi connectivity index (χ0) is 24.3. The Hall–Kier alpha value is -3.77. The first-order chi connectivity index (χ1) is 16.2. The van der Waals surface area contributed by atoms with Crippen molar-refractivity contribution in [3.05, 3.63) is 47.9 Å². The van der Waals surface area contributed by atoms with E-state index in [4.69, 9.17) is 9.47 Å². The first kappa shape index (κ1) is 23.4. The second-order valence-corrected chi connectivity index (χ2v) is 8.44. The van der Waals surface area contributed by atoms with Crippen molar-refractivity contribution in [2.45, 2.75) is 38.0 Å². The number of H-pyrrole nitrogens is 1. The third kappa shape index (κ3) is 5.58. The van der Waals surface area contributed by atoms with Crippen LogP contribution >= 0.6 is 0 Å². The summed E-state index contributed by atoms with van der Waals surface area (Å²) in [6.45, 7) is 3.99. The molecule has 11 nitrogen and oxygen atoms in total. The number of nitrogens with zero attached hydrogens (tertiary/aromatic N) is 2. The summed E-state index contributed by atoms with van der Waals surface area (Å²) in [5.74, 6) is 0.0229. The van der Waals surface area contributed by atoms with E-state index in [1.165, 1.54) is 44.3 Å². The highest BCUT2D eigenvalue weighted by Crippen LogP contribution is 2.26. The van der Waals surface area contributed by atoms with Crippen molar-refractivity contribution in [1.29, 1.82) is 0 Å². The zero-order valence-corrected chi connectivity index (χ0v) is 18.6. The van der Waals surface area contributed by atoms with Crippen LogP contribution in [0.2, 0.25) is 0 Å². The van der Waals surface area contributed by atoms with Crippen molar-refractivity contribution in [2.75, 3.05) is 23.8 Å². The van der Waals surface area contributed by atoms with Gasteiger partial charge in [-0.2, -0.15) is 5.10 Å². The Kier molecular flexibility index (Phi) is 6.61. The molecule has 3 heterocycles. The molecular formula is C22H25FN6O5. The van der Waals surface area contributed by atoms with Gasteiger partial charge >= 0.3 is 12.1 Å². The van der Waals surface area contributed by atoms with Gasteiger partial charge in [-0.15, -0.1) is 0 Å². The number of aromatic nitrogens is 3. The lowest BCUT2D eigenvalue weighted by Gasteiger charge is -2.30. The molecule has 4 rings (SSSR count). The van der Waals surface area contributed by atoms with E-state index >= 15 is 0 Å². The van der Waals surface area contributed by atoms with Crippen molar-refractivity contribution < 1.29 is 28.6 Å². The number of aromatic amines is 1. The van der Waals surface area contributed by atoms with Gasteiger partial charge in [0.2, 0.25) is 0 Å². The Morgan fingerprint density at radius 3 is 2.74 bits per heavy atom. The van der Waals surface area contributed by atoms with Crippen LogP contribution in [0.3, 0.4) is 0 Å². The number of anilines is 2. The Morgan fingerprint density at radius 2 is 2.06 bits per heavy atom. The molecule has 1 saturated heterocycles. The Balaban J connectivity index is 1.41. The fourth-order valence-electron chi connectivity index (χ4n) is 3.57. The zero-order valence-electron chi connectivity index (χ0n) is 18.6. The molecule has 1 aromatic carbocycles. The van der Waals surface area contributed by atoms with E-state index in [-0.39, 0.29) is 17.7 Å². The van der Waals surface area contributed by atoms with Crippen LogP contribution < -0.4 is 16.0 Å². The number of amides is 3. The van der Waals surface area contributed by atoms with Crippen LogP contribution in [0.25, 0.3) is 10.9 Å². The van der Waals surface area contributed by atoms with Crippen LogP contribution in [0.5, 0.6) is 0 Å². The molecule has 1 fully saturated rings. The van der Waals surface area contributed by atoms with Gasteiger partial charge in [0.05, 0.1) is 35.8 Å². The second-order valence-electron chi connectivity index (χ2n) is 8.44. The maximum atomic E-state index is 13.3. The number of carbonyl (C=O) groups excluding carboxylic acids is 2. The third-order valence-corrected chi connectivity index (χ3v) is 5.26. The molecule has 1 unspecified atom stereocenters. The van der Waals surface area contributed by atoms with Gasteiger partial charge in [-0.05, 0) is 31.5 Å². The number of pyridine rings is 1. The molecule has 0 spiro atoms. The number of carbonyl (C=O) groups is 2. The Labute approximate surface area is 194 Å². The number of aliphatic hydroxyl groups is 1. The summed E-state index contributed by atoms with van der Waals surface area (Å²) in [4.78, 5) is 28.9.